The second-order valence-corrected chi connectivity index (χ2v) is 9.19. The molecule has 7 nitrogen and oxygen atoms in total. The van der Waals surface area contributed by atoms with Gasteiger partial charge in [-0.3, -0.25) is 9.48 Å². The summed E-state index contributed by atoms with van der Waals surface area (Å²) in [7, 11) is -3.74. The topological polar surface area (TPSA) is 84.3 Å². The number of nitrogens with zero attached hydrogens (tertiary/aromatic N) is 3. The number of halogens is 1. The van der Waals surface area contributed by atoms with Crippen molar-refractivity contribution >= 4 is 15.9 Å². The lowest BCUT2D eigenvalue weighted by molar-refractivity contribution is -0.134. The summed E-state index contributed by atoms with van der Waals surface area (Å²) in [6.45, 7) is 0.861. The first-order valence-electron chi connectivity index (χ1n) is 10.0. The van der Waals surface area contributed by atoms with E-state index in [2.05, 4.69) is 9.82 Å². The number of hydrogen-bond donors (Lipinski definition) is 1. The summed E-state index contributed by atoms with van der Waals surface area (Å²) in [5.41, 5.74) is 0.843. The summed E-state index contributed by atoms with van der Waals surface area (Å²) in [6, 6.07) is 15.1. The number of hydrogen-bond acceptors (Lipinski definition) is 4. The molecule has 162 valence electrons. The van der Waals surface area contributed by atoms with Crippen molar-refractivity contribution < 1.29 is 17.6 Å². The van der Waals surface area contributed by atoms with Crippen molar-refractivity contribution in [1.82, 2.24) is 19.4 Å². The highest BCUT2D eigenvalue weighted by atomic mass is 32.2. The molecule has 1 amide bonds. The quantitative estimate of drug-likeness (QED) is 0.636. The van der Waals surface area contributed by atoms with Gasteiger partial charge in [0.05, 0.1) is 4.90 Å². The van der Waals surface area contributed by atoms with Crippen LogP contribution in [0.3, 0.4) is 0 Å². The van der Waals surface area contributed by atoms with Gasteiger partial charge in [-0.2, -0.15) is 5.10 Å². The molecule has 4 rings (SSSR count). The molecule has 1 atom stereocenters. The number of sulfonamides is 1. The van der Waals surface area contributed by atoms with E-state index in [-0.39, 0.29) is 16.8 Å². The Kier molecular flexibility index (Phi) is 6.15. The van der Waals surface area contributed by atoms with E-state index in [9.17, 15) is 17.6 Å². The molecule has 0 radical (unpaired) electrons. The number of rotatable bonds is 6. The Morgan fingerprint density at radius 3 is 2.32 bits per heavy atom. The molecule has 1 fully saturated rings. The first kappa shape index (κ1) is 21.2. The average molecular weight is 443 g/mol. The predicted octanol–water partition coefficient (Wildman–Crippen LogP) is 2.58. The minimum atomic E-state index is -3.74. The van der Waals surface area contributed by atoms with Crippen molar-refractivity contribution in [1.29, 1.82) is 0 Å². The highest BCUT2D eigenvalue weighted by molar-refractivity contribution is 7.89. The van der Waals surface area contributed by atoms with Gasteiger partial charge in [-0.25, -0.2) is 17.5 Å². The fourth-order valence-electron chi connectivity index (χ4n) is 3.77. The Morgan fingerprint density at radius 2 is 1.71 bits per heavy atom. The third-order valence-electron chi connectivity index (χ3n) is 5.39. The van der Waals surface area contributed by atoms with Crippen LogP contribution in [0.1, 0.15) is 24.4 Å². The molecule has 9 heteroatoms. The lowest BCUT2D eigenvalue weighted by atomic mass is 10.0. The molecular weight excluding hydrogens is 419 g/mol. The molecule has 2 heterocycles. The van der Waals surface area contributed by atoms with E-state index in [1.54, 1.807) is 28.0 Å². The summed E-state index contributed by atoms with van der Waals surface area (Å²) in [5, 5.41) is 4.26. The number of likely N-dealkylation sites (tertiary alicyclic amines) is 1. The molecule has 1 N–H and O–H groups in total. The largest absolute Gasteiger partial charge is 0.340 e. The molecule has 0 bridgehead atoms. The van der Waals surface area contributed by atoms with Gasteiger partial charge in [0, 0.05) is 31.5 Å². The normalized spacial score (nSPS) is 16.2. The number of carbonyl (C=O) groups excluding carboxylic acids is 1. The molecule has 1 unspecified atom stereocenters. The minimum absolute atomic E-state index is 0.0234. The lowest BCUT2D eigenvalue weighted by Gasteiger charge is -2.34. The lowest BCUT2D eigenvalue weighted by Crippen LogP contribution is -2.48. The SMILES string of the molecule is O=C(C(c1ccccc1)n1cccn1)N1CCC(NS(=O)(=O)c2ccc(F)cc2)CC1. The number of nitrogens with one attached hydrogen (secondary N) is 1. The number of piperidine rings is 1. The van der Waals surface area contributed by atoms with E-state index in [1.165, 1.54) is 12.1 Å². The summed E-state index contributed by atoms with van der Waals surface area (Å²) >= 11 is 0. The zero-order valence-corrected chi connectivity index (χ0v) is 17.6. The van der Waals surface area contributed by atoms with Gasteiger partial charge in [-0.05, 0) is 48.7 Å². The van der Waals surface area contributed by atoms with Crippen LogP contribution < -0.4 is 4.72 Å². The van der Waals surface area contributed by atoms with E-state index < -0.39 is 21.9 Å². The third-order valence-corrected chi connectivity index (χ3v) is 6.93. The molecule has 1 aliphatic heterocycles. The van der Waals surface area contributed by atoms with Crippen molar-refractivity contribution in [3.8, 4) is 0 Å². The van der Waals surface area contributed by atoms with Gasteiger partial charge in [0.15, 0.2) is 6.04 Å². The van der Waals surface area contributed by atoms with Crippen LogP contribution >= 0.6 is 0 Å². The second kappa shape index (κ2) is 8.99. The Bertz CT molecular complexity index is 1110. The first-order chi connectivity index (χ1) is 14.9. The van der Waals surface area contributed by atoms with Crippen molar-refractivity contribution in [3.05, 3.63) is 84.4 Å². The van der Waals surface area contributed by atoms with Gasteiger partial charge < -0.3 is 4.90 Å². The van der Waals surface area contributed by atoms with Gasteiger partial charge in [0.1, 0.15) is 5.82 Å². The third kappa shape index (κ3) is 4.83. The van der Waals surface area contributed by atoms with Crippen molar-refractivity contribution in [3.63, 3.8) is 0 Å². The predicted molar refractivity (Wildman–Crippen MR) is 113 cm³/mol. The van der Waals surface area contributed by atoms with E-state index in [0.717, 1.165) is 17.7 Å². The molecule has 1 aromatic heterocycles. The van der Waals surface area contributed by atoms with Crippen LogP contribution in [0.15, 0.2) is 78.0 Å². The van der Waals surface area contributed by atoms with Crippen LogP contribution in [-0.2, 0) is 14.8 Å². The number of benzene rings is 2. The number of amides is 1. The van der Waals surface area contributed by atoms with Crippen molar-refractivity contribution in [2.45, 2.75) is 29.8 Å². The van der Waals surface area contributed by atoms with Crippen LogP contribution in [0, 0.1) is 5.82 Å². The van der Waals surface area contributed by atoms with Crippen molar-refractivity contribution in [2.24, 2.45) is 0 Å². The van der Waals surface area contributed by atoms with Crippen LogP contribution in [0.2, 0.25) is 0 Å². The first-order valence-corrected chi connectivity index (χ1v) is 11.5. The van der Waals surface area contributed by atoms with Crippen LogP contribution in [0.5, 0.6) is 0 Å². The molecule has 0 aliphatic carbocycles. The van der Waals surface area contributed by atoms with E-state index in [1.807, 2.05) is 30.3 Å². The second-order valence-electron chi connectivity index (χ2n) is 7.47. The van der Waals surface area contributed by atoms with Crippen LogP contribution in [0.4, 0.5) is 4.39 Å². The maximum absolute atomic E-state index is 13.3. The van der Waals surface area contributed by atoms with Gasteiger partial charge >= 0.3 is 0 Å². The zero-order chi connectivity index (χ0) is 21.8. The molecule has 2 aromatic carbocycles. The Labute approximate surface area is 180 Å². The molecule has 0 spiro atoms. The Balaban J connectivity index is 1.43. The summed E-state index contributed by atoms with van der Waals surface area (Å²) < 4.78 is 42.5. The molecule has 1 saturated heterocycles. The van der Waals surface area contributed by atoms with Gasteiger partial charge in [-0.15, -0.1) is 0 Å². The fourth-order valence-corrected chi connectivity index (χ4v) is 5.07. The summed E-state index contributed by atoms with van der Waals surface area (Å²) in [5.74, 6) is -0.564. The number of carbonyl (C=O) groups is 1. The van der Waals surface area contributed by atoms with Crippen molar-refractivity contribution in [2.75, 3.05) is 13.1 Å². The highest BCUT2D eigenvalue weighted by Crippen LogP contribution is 2.23. The molecular formula is C22H23FN4O3S. The van der Waals surface area contributed by atoms with Crippen LogP contribution in [0.25, 0.3) is 0 Å². The zero-order valence-electron chi connectivity index (χ0n) is 16.8. The molecule has 1 aliphatic rings. The van der Waals surface area contributed by atoms with Gasteiger partial charge in [0.2, 0.25) is 10.0 Å². The van der Waals surface area contributed by atoms with Gasteiger partial charge in [-0.1, -0.05) is 30.3 Å². The molecule has 0 saturated carbocycles. The minimum Gasteiger partial charge on any atom is -0.340 e. The maximum atomic E-state index is 13.3. The number of aromatic nitrogens is 2. The smallest absolute Gasteiger partial charge is 0.252 e. The van der Waals surface area contributed by atoms with E-state index in [4.69, 9.17) is 0 Å². The average Bonchev–Trinajstić information content (AvgIpc) is 3.29. The van der Waals surface area contributed by atoms with E-state index in [0.29, 0.717) is 25.9 Å². The van der Waals surface area contributed by atoms with Crippen LogP contribution in [-0.4, -0.2) is 48.1 Å². The summed E-state index contributed by atoms with van der Waals surface area (Å²) in [4.78, 5) is 15.1. The van der Waals surface area contributed by atoms with Gasteiger partial charge in [0.25, 0.3) is 5.91 Å². The molecule has 31 heavy (non-hydrogen) atoms. The standard InChI is InChI=1S/C22H23FN4O3S/c23-18-7-9-20(10-8-18)31(29,30)25-19-11-15-26(16-12-19)22(28)21(27-14-4-13-24-27)17-5-2-1-3-6-17/h1-10,13-14,19,21,25H,11-12,15-16H2. The maximum Gasteiger partial charge on any atom is 0.252 e. The fraction of sp³-hybridized carbons (Fsp3) is 0.273. The van der Waals surface area contributed by atoms with E-state index >= 15 is 0 Å². The highest BCUT2D eigenvalue weighted by Gasteiger charge is 2.32. The Hall–Kier alpha value is -3.04. The summed E-state index contributed by atoms with van der Waals surface area (Å²) in [6.07, 6.45) is 4.39. The molecule has 3 aromatic rings. The Morgan fingerprint density at radius 1 is 1.03 bits per heavy atom. The monoisotopic (exact) mass is 442 g/mol.